The number of carbonyl (C=O) groups is 2. The summed E-state index contributed by atoms with van der Waals surface area (Å²) in [4.78, 5) is 38.5. The highest BCUT2D eigenvalue weighted by Crippen LogP contribution is 2.37. The van der Waals surface area contributed by atoms with E-state index >= 15 is 0 Å². The number of nitrogens with one attached hydrogen (secondary N) is 2. The van der Waals surface area contributed by atoms with E-state index in [2.05, 4.69) is 36.2 Å². The highest BCUT2D eigenvalue weighted by Gasteiger charge is 2.41. The molecule has 1 saturated heterocycles. The van der Waals surface area contributed by atoms with Crippen LogP contribution in [0.2, 0.25) is 0 Å². The van der Waals surface area contributed by atoms with E-state index in [1.165, 1.54) is 29.2 Å². The number of carboxylic acid groups (broad SMARTS) is 1. The van der Waals surface area contributed by atoms with Gasteiger partial charge in [0.1, 0.15) is 5.82 Å². The number of hydrogen-bond acceptors (Lipinski definition) is 8. The molecule has 3 N–H and O–H groups in total. The minimum Gasteiger partial charge on any atom is -0.465 e. The summed E-state index contributed by atoms with van der Waals surface area (Å²) in [6, 6.07) is 10.2. The molecule has 44 heavy (non-hydrogen) atoms. The van der Waals surface area contributed by atoms with Crippen molar-refractivity contribution in [2.24, 2.45) is 5.92 Å². The second kappa shape index (κ2) is 12.8. The molecule has 4 heterocycles. The van der Waals surface area contributed by atoms with E-state index < -0.39 is 55.6 Å². The van der Waals surface area contributed by atoms with Crippen LogP contribution in [0.15, 0.2) is 58.2 Å². The number of pyridine rings is 3. The molecule has 2 atom stereocenters. The third-order valence-corrected chi connectivity index (χ3v) is 9.29. The number of aromatic nitrogens is 3. The highest BCUT2D eigenvalue weighted by atomic mass is 79.9. The predicted octanol–water partition coefficient (Wildman–Crippen LogP) is 5.90. The lowest BCUT2D eigenvalue weighted by molar-refractivity contribution is 0.0975. The van der Waals surface area contributed by atoms with Crippen LogP contribution in [0.5, 0.6) is 0 Å². The molecule has 0 aliphatic carbocycles. The fourth-order valence-corrected chi connectivity index (χ4v) is 6.59. The molecule has 1 unspecified atom stereocenters. The molecule has 3 aromatic heterocycles. The zero-order chi connectivity index (χ0) is 32.4. The van der Waals surface area contributed by atoms with Crippen LogP contribution in [-0.4, -0.2) is 57.5 Å². The van der Waals surface area contributed by atoms with Gasteiger partial charge in [0, 0.05) is 33.9 Å². The maximum absolute atomic E-state index is 14.7. The molecule has 4 rings (SSSR count). The minimum atomic E-state index is -4.47. The summed E-state index contributed by atoms with van der Waals surface area (Å²) in [5, 5.41) is 12.4. The van der Waals surface area contributed by atoms with E-state index in [0.29, 0.717) is 37.2 Å². The topological polar surface area (TPSA) is 154 Å². The Kier molecular flexibility index (Phi) is 9.64. The molecule has 0 saturated carbocycles. The molecule has 14 heteroatoms. The van der Waals surface area contributed by atoms with E-state index in [9.17, 15) is 27.5 Å². The van der Waals surface area contributed by atoms with Crippen molar-refractivity contribution >= 4 is 43.8 Å². The summed E-state index contributed by atoms with van der Waals surface area (Å²) in [6.45, 7) is 9.75. The molecule has 236 valence electrons. The molecule has 0 aromatic carbocycles. The van der Waals surface area contributed by atoms with E-state index in [4.69, 9.17) is 0 Å². The van der Waals surface area contributed by atoms with Crippen LogP contribution < -0.4 is 10.0 Å². The largest absolute Gasteiger partial charge is 0.465 e. The number of amides is 2. The van der Waals surface area contributed by atoms with E-state index in [1.807, 2.05) is 45.4 Å². The van der Waals surface area contributed by atoms with Crippen molar-refractivity contribution in [1.29, 1.82) is 0 Å². The second-order valence-corrected chi connectivity index (χ2v) is 15.1. The lowest BCUT2D eigenvalue weighted by atomic mass is 9.91. The molecular formula is C30H36BrFN6O5S. The number of nitrogens with zero attached hydrogens (tertiary/aromatic N) is 4. The zero-order valence-electron chi connectivity index (χ0n) is 25.1. The van der Waals surface area contributed by atoms with Gasteiger partial charge in [-0.1, -0.05) is 42.8 Å². The third-order valence-electron chi connectivity index (χ3n) is 7.56. The minimum absolute atomic E-state index is 0.125. The average molecular weight is 692 g/mol. The Morgan fingerprint density at radius 1 is 1.18 bits per heavy atom. The first kappa shape index (κ1) is 33.2. The first-order valence-corrected chi connectivity index (χ1v) is 16.3. The van der Waals surface area contributed by atoms with Crippen LogP contribution in [-0.2, 0) is 15.4 Å². The molecule has 1 aliphatic heterocycles. The maximum atomic E-state index is 14.7. The summed E-state index contributed by atoms with van der Waals surface area (Å²) in [5.41, 5.74) is -0.352. The summed E-state index contributed by atoms with van der Waals surface area (Å²) in [7, 11) is -4.47. The fraction of sp³-hybridized carbons (Fsp3) is 0.433. The van der Waals surface area contributed by atoms with Crippen LogP contribution in [0.25, 0.3) is 0 Å². The molecule has 0 radical (unpaired) electrons. The first-order valence-electron chi connectivity index (χ1n) is 14.1. The molecule has 1 fully saturated rings. The SMILES string of the molecule is CC(C)(C)c1ccc(C(=O)NS(=O)(=O)c2cccc(NC(CC[C@@H]3CN(C(=O)O)C(C)(C)C3)c3cc(Br)ccn3)n2)c(F)n1. The van der Waals surface area contributed by atoms with Crippen molar-refractivity contribution in [2.45, 2.75) is 75.9 Å². The molecule has 3 aromatic rings. The number of sulfonamides is 1. The van der Waals surface area contributed by atoms with Crippen LogP contribution in [0.1, 0.15) is 81.7 Å². The van der Waals surface area contributed by atoms with Gasteiger partial charge in [0.2, 0.25) is 5.95 Å². The van der Waals surface area contributed by atoms with Gasteiger partial charge in [0.25, 0.3) is 15.9 Å². The first-order chi connectivity index (χ1) is 20.5. The molecule has 2 amide bonds. The predicted molar refractivity (Wildman–Crippen MR) is 166 cm³/mol. The van der Waals surface area contributed by atoms with Gasteiger partial charge >= 0.3 is 6.09 Å². The molecule has 0 bridgehead atoms. The average Bonchev–Trinajstić information content (AvgIpc) is 3.24. The van der Waals surface area contributed by atoms with Gasteiger partial charge in [0.05, 0.1) is 17.3 Å². The van der Waals surface area contributed by atoms with Gasteiger partial charge in [-0.3, -0.25) is 9.78 Å². The summed E-state index contributed by atoms with van der Waals surface area (Å²) < 4.78 is 43.6. The van der Waals surface area contributed by atoms with Gasteiger partial charge in [-0.05, 0) is 75.4 Å². The smallest absolute Gasteiger partial charge is 0.407 e. The van der Waals surface area contributed by atoms with Crippen molar-refractivity contribution in [1.82, 2.24) is 24.6 Å². The Hall–Kier alpha value is -3.65. The molecular weight excluding hydrogens is 655 g/mol. The van der Waals surface area contributed by atoms with Gasteiger partial charge in [-0.15, -0.1) is 0 Å². The Bertz CT molecular complexity index is 1660. The van der Waals surface area contributed by atoms with E-state index in [-0.39, 0.29) is 11.7 Å². The zero-order valence-corrected chi connectivity index (χ0v) is 27.5. The van der Waals surface area contributed by atoms with Crippen molar-refractivity contribution in [3.8, 4) is 0 Å². The number of likely N-dealkylation sites (tertiary alicyclic amines) is 1. The Labute approximate surface area is 264 Å². The summed E-state index contributed by atoms with van der Waals surface area (Å²) in [5.74, 6) is -1.90. The van der Waals surface area contributed by atoms with Crippen LogP contribution in [0.3, 0.4) is 0 Å². The Morgan fingerprint density at radius 2 is 1.91 bits per heavy atom. The van der Waals surface area contributed by atoms with Gasteiger partial charge in [0.15, 0.2) is 5.03 Å². The lowest BCUT2D eigenvalue weighted by Gasteiger charge is -2.28. The van der Waals surface area contributed by atoms with Crippen molar-refractivity contribution in [3.05, 3.63) is 76.0 Å². The van der Waals surface area contributed by atoms with E-state index in [1.54, 1.807) is 18.3 Å². The van der Waals surface area contributed by atoms with Crippen LogP contribution in [0.4, 0.5) is 15.0 Å². The molecule has 1 aliphatic rings. The summed E-state index contributed by atoms with van der Waals surface area (Å²) in [6.07, 6.45) is 2.64. The van der Waals surface area contributed by atoms with Crippen LogP contribution >= 0.6 is 15.9 Å². The monoisotopic (exact) mass is 690 g/mol. The lowest BCUT2D eigenvalue weighted by Crippen LogP contribution is -2.41. The second-order valence-electron chi connectivity index (χ2n) is 12.5. The Balaban J connectivity index is 1.52. The number of halogens is 2. The Morgan fingerprint density at radius 3 is 2.52 bits per heavy atom. The quantitative estimate of drug-likeness (QED) is 0.233. The third kappa shape index (κ3) is 7.89. The standard InChI is InChI=1S/C30H36BrFN6O5S/c1-29(2,3)23-12-10-20(26(32)35-23)27(39)37-44(42,43)25-8-6-7-24(36-25)34-21(22-15-19(31)13-14-33-22)11-9-18-16-30(4,5)38(17-18)28(40)41/h6-8,10,12-15,18,21H,9,11,16-17H2,1-5H3,(H,34,36)(H,37,39)(H,40,41)/t18-,21?/m0/s1. The fourth-order valence-electron chi connectivity index (χ4n) is 5.30. The maximum Gasteiger partial charge on any atom is 0.407 e. The van der Waals surface area contributed by atoms with Crippen LogP contribution in [0, 0.1) is 11.9 Å². The van der Waals surface area contributed by atoms with Gasteiger partial charge in [-0.25, -0.2) is 19.5 Å². The number of rotatable bonds is 9. The van der Waals surface area contributed by atoms with Gasteiger partial charge in [-0.2, -0.15) is 12.8 Å². The van der Waals surface area contributed by atoms with Crippen molar-refractivity contribution in [3.63, 3.8) is 0 Å². The normalized spacial score (nSPS) is 17.2. The number of carbonyl (C=O) groups excluding carboxylic acids is 1. The highest BCUT2D eigenvalue weighted by molar-refractivity contribution is 9.10. The molecule has 0 spiro atoms. The van der Waals surface area contributed by atoms with Crippen molar-refractivity contribution < 1.29 is 27.5 Å². The molecule has 11 nitrogen and oxygen atoms in total. The number of hydrogen-bond donors (Lipinski definition) is 3. The van der Waals surface area contributed by atoms with Crippen molar-refractivity contribution in [2.75, 3.05) is 11.9 Å². The summed E-state index contributed by atoms with van der Waals surface area (Å²) >= 11 is 3.46. The van der Waals surface area contributed by atoms with Gasteiger partial charge < -0.3 is 15.3 Å². The number of anilines is 1. The van der Waals surface area contributed by atoms with E-state index in [0.717, 1.165) is 4.47 Å².